The number of nitrogens with one attached hydrogen (secondary N) is 1. The predicted molar refractivity (Wildman–Crippen MR) is 105 cm³/mol. The summed E-state index contributed by atoms with van der Waals surface area (Å²) in [6.45, 7) is 0.184. The van der Waals surface area contributed by atoms with Crippen molar-refractivity contribution in [2.24, 2.45) is 0 Å². The number of alkyl halides is 3. The number of ether oxygens (including phenoxy) is 1. The number of nitrogens with zero attached hydrogens (tertiary/aromatic N) is 2. The Kier molecular flexibility index (Phi) is 5.38. The Bertz CT molecular complexity index is 1110. The minimum Gasteiger partial charge on any atom is -0.457 e. The third kappa shape index (κ3) is 4.78. The van der Waals surface area contributed by atoms with Gasteiger partial charge in [-0.3, -0.25) is 4.98 Å². The van der Waals surface area contributed by atoms with E-state index in [2.05, 4.69) is 15.5 Å². The van der Waals surface area contributed by atoms with Crippen molar-refractivity contribution in [3.05, 3.63) is 90.4 Å². The Morgan fingerprint density at radius 1 is 0.900 bits per heavy atom. The summed E-state index contributed by atoms with van der Waals surface area (Å²) >= 11 is 0. The lowest BCUT2D eigenvalue weighted by Crippen LogP contribution is -2.08. The summed E-state index contributed by atoms with van der Waals surface area (Å²) in [6, 6.07) is 20.9. The van der Waals surface area contributed by atoms with Crippen LogP contribution in [0.2, 0.25) is 0 Å². The van der Waals surface area contributed by atoms with Gasteiger partial charge in [0.25, 0.3) is 0 Å². The third-order valence-corrected chi connectivity index (χ3v) is 4.21. The Morgan fingerprint density at radius 3 is 2.37 bits per heavy atom. The molecule has 5 nitrogen and oxygen atoms in total. The molecule has 4 aromatic rings. The van der Waals surface area contributed by atoms with Crippen LogP contribution in [0.5, 0.6) is 11.5 Å². The molecule has 0 saturated heterocycles. The van der Waals surface area contributed by atoms with E-state index < -0.39 is 11.9 Å². The first-order valence-corrected chi connectivity index (χ1v) is 9.03. The monoisotopic (exact) mass is 411 g/mol. The summed E-state index contributed by atoms with van der Waals surface area (Å²) in [6.07, 6.45) is -3.39. The first-order valence-electron chi connectivity index (χ1n) is 9.03. The minimum absolute atomic E-state index is 0.184. The van der Waals surface area contributed by atoms with Crippen LogP contribution in [0.4, 0.5) is 18.9 Å². The molecular weight excluding hydrogens is 395 g/mol. The molecule has 152 valence electrons. The van der Waals surface area contributed by atoms with Crippen LogP contribution in [0.15, 0.2) is 83.5 Å². The van der Waals surface area contributed by atoms with E-state index in [4.69, 9.17) is 9.26 Å². The molecule has 0 aliphatic carbocycles. The fraction of sp³-hybridized carbons (Fsp3) is 0.0909. The van der Waals surface area contributed by atoms with Crippen molar-refractivity contribution in [1.82, 2.24) is 10.1 Å². The zero-order chi connectivity index (χ0) is 21.0. The number of para-hydroxylation sites is 1. The zero-order valence-electron chi connectivity index (χ0n) is 15.6. The zero-order valence-corrected chi connectivity index (χ0v) is 15.6. The molecule has 0 unspecified atom stereocenters. The maximum absolute atomic E-state index is 12.7. The van der Waals surface area contributed by atoms with E-state index in [0.717, 1.165) is 23.6 Å². The quantitative estimate of drug-likeness (QED) is 0.412. The molecule has 0 aliphatic rings. The fourth-order valence-corrected chi connectivity index (χ4v) is 2.74. The average Bonchev–Trinajstić information content (AvgIpc) is 3.22. The molecule has 0 aliphatic heterocycles. The van der Waals surface area contributed by atoms with Crippen LogP contribution in [-0.2, 0) is 12.7 Å². The number of rotatable bonds is 6. The number of anilines is 1. The van der Waals surface area contributed by atoms with E-state index in [1.165, 1.54) is 6.07 Å². The lowest BCUT2D eigenvalue weighted by atomic mass is 10.1. The molecule has 4 rings (SSSR count). The Balaban J connectivity index is 1.39. The SMILES string of the molecule is FC(F)(F)c1cc(NCc2cc(-c3ccc(Oc4ccccc4)cc3)no2)ccn1. The van der Waals surface area contributed by atoms with E-state index >= 15 is 0 Å². The fourth-order valence-electron chi connectivity index (χ4n) is 2.74. The van der Waals surface area contributed by atoms with Gasteiger partial charge in [-0.2, -0.15) is 13.2 Å². The first kappa shape index (κ1) is 19.5. The second-order valence-corrected chi connectivity index (χ2v) is 6.40. The van der Waals surface area contributed by atoms with E-state index in [9.17, 15) is 13.2 Å². The van der Waals surface area contributed by atoms with Gasteiger partial charge in [-0.1, -0.05) is 23.4 Å². The van der Waals surface area contributed by atoms with Gasteiger partial charge in [0, 0.05) is 23.5 Å². The largest absolute Gasteiger partial charge is 0.457 e. The summed E-state index contributed by atoms with van der Waals surface area (Å²) in [5.41, 5.74) is 0.777. The Morgan fingerprint density at radius 2 is 1.63 bits per heavy atom. The van der Waals surface area contributed by atoms with E-state index in [1.807, 2.05) is 54.6 Å². The van der Waals surface area contributed by atoms with Crippen LogP contribution in [0, 0.1) is 0 Å². The highest BCUT2D eigenvalue weighted by Crippen LogP contribution is 2.29. The van der Waals surface area contributed by atoms with Gasteiger partial charge >= 0.3 is 6.18 Å². The van der Waals surface area contributed by atoms with Gasteiger partial charge in [0.15, 0.2) is 5.76 Å². The second-order valence-electron chi connectivity index (χ2n) is 6.40. The van der Waals surface area contributed by atoms with E-state index in [1.54, 1.807) is 6.07 Å². The molecule has 0 fully saturated rings. The Hall–Kier alpha value is -3.81. The van der Waals surface area contributed by atoms with Gasteiger partial charge in [-0.15, -0.1) is 0 Å². The van der Waals surface area contributed by atoms with Crippen LogP contribution >= 0.6 is 0 Å². The van der Waals surface area contributed by atoms with Crippen LogP contribution in [0.3, 0.4) is 0 Å². The van der Waals surface area contributed by atoms with Crippen molar-refractivity contribution in [1.29, 1.82) is 0 Å². The van der Waals surface area contributed by atoms with Crippen molar-refractivity contribution in [3.63, 3.8) is 0 Å². The number of hydrogen-bond donors (Lipinski definition) is 1. The van der Waals surface area contributed by atoms with Crippen LogP contribution in [0.1, 0.15) is 11.5 Å². The smallest absolute Gasteiger partial charge is 0.433 e. The lowest BCUT2D eigenvalue weighted by Gasteiger charge is -2.08. The van der Waals surface area contributed by atoms with Gasteiger partial charge in [0.2, 0.25) is 0 Å². The maximum Gasteiger partial charge on any atom is 0.433 e. The molecule has 0 amide bonds. The predicted octanol–water partition coefficient (Wildman–Crippen LogP) is 6.16. The average molecular weight is 411 g/mol. The number of pyridine rings is 1. The topological polar surface area (TPSA) is 60.2 Å². The summed E-state index contributed by atoms with van der Waals surface area (Å²) in [4.78, 5) is 3.33. The van der Waals surface area contributed by atoms with Gasteiger partial charge in [-0.05, 0) is 48.5 Å². The summed E-state index contributed by atoms with van der Waals surface area (Å²) in [7, 11) is 0. The van der Waals surface area contributed by atoms with E-state index in [0.29, 0.717) is 17.2 Å². The van der Waals surface area contributed by atoms with Crippen LogP contribution in [0.25, 0.3) is 11.3 Å². The van der Waals surface area contributed by atoms with Crippen molar-refractivity contribution in [3.8, 4) is 22.8 Å². The van der Waals surface area contributed by atoms with Gasteiger partial charge < -0.3 is 14.6 Å². The molecule has 1 N–H and O–H groups in total. The lowest BCUT2D eigenvalue weighted by molar-refractivity contribution is -0.141. The van der Waals surface area contributed by atoms with Crippen LogP contribution in [-0.4, -0.2) is 10.1 Å². The molecule has 2 heterocycles. The standard InChI is InChI=1S/C22H16F3N3O2/c23-22(24,25)21-12-16(10-11-26-21)27-14-19-13-20(28-30-19)15-6-8-18(9-7-15)29-17-4-2-1-3-5-17/h1-13H,14H2,(H,26,27). The Labute approximate surface area is 170 Å². The number of halogens is 3. The van der Waals surface area contributed by atoms with Gasteiger partial charge in [0.1, 0.15) is 22.9 Å². The maximum atomic E-state index is 12.7. The molecule has 2 aromatic carbocycles. The molecular formula is C22H16F3N3O2. The normalized spacial score (nSPS) is 11.3. The van der Waals surface area contributed by atoms with Crippen LogP contribution < -0.4 is 10.1 Å². The molecule has 0 bridgehead atoms. The summed E-state index contributed by atoms with van der Waals surface area (Å²) in [5, 5.41) is 6.90. The van der Waals surface area contributed by atoms with Crippen molar-refractivity contribution in [2.75, 3.05) is 5.32 Å². The van der Waals surface area contributed by atoms with Gasteiger partial charge in [-0.25, -0.2) is 0 Å². The first-order chi connectivity index (χ1) is 14.5. The number of hydrogen-bond acceptors (Lipinski definition) is 5. The molecule has 0 saturated carbocycles. The molecule has 2 aromatic heterocycles. The number of benzene rings is 2. The molecule has 30 heavy (non-hydrogen) atoms. The molecule has 0 atom stereocenters. The highest BCUT2D eigenvalue weighted by molar-refractivity contribution is 5.60. The second kappa shape index (κ2) is 8.28. The molecule has 0 radical (unpaired) electrons. The molecule has 0 spiro atoms. The summed E-state index contributed by atoms with van der Waals surface area (Å²) in [5.74, 6) is 1.92. The molecule has 8 heteroatoms. The highest BCUT2D eigenvalue weighted by atomic mass is 19.4. The van der Waals surface area contributed by atoms with Gasteiger partial charge in [0.05, 0.1) is 6.54 Å². The number of aromatic nitrogens is 2. The minimum atomic E-state index is -4.49. The van der Waals surface area contributed by atoms with Crippen molar-refractivity contribution in [2.45, 2.75) is 12.7 Å². The van der Waals surface area contributed by atoms with E-state index in [-0.39, 0.29) is 12.2 Å². The highest BCUT2D eigenvalue weighted by Gasteiger charge is 2.32. The summed E-state index contributed by atoms with van der Waals surface area (Å²) < 4.78 is 49.3. The van der Waals surface area contributed by atoms with Crippen molar-refractivity contribution < 1.29 is 22.4 Å². The third-order valence-electron chi connectivity index (χ3n) is 4.21. The van der Waals surface area contributed by atoms with Crippen molar-refractivity contribution >= 4 is 5.69 Å².